The minimum absolute atomic E-state index is 0.492. The van der Waals surface area contributed by atoms with Gasteiger partial charge >= 0.3 is 0 Å². The van der Waals surface area contributed by atoms with Gasteiger partial charge < -0.3 is 9.30 Å². The molecule has 0 radical (unpaired) electrons. The van der Waals surface area contributed by atoms with Crippen molar-refractivity contribution in [1.82, 2.24) is 4.57 Å². The Morgan fingerprint density at radius 1 is 0.419 bits per heavy atom. The molecule has 8 aromatic rings. The van der Waals surface area contributed by atoms with E-state index < -0.39 is 5.41 Å². The summed E-state index contributed by atoms with van der Waals surface area (Å²) in [5.74, 6) is 1.83. The van der Waals surface area contributed by atoms with Crippen LogP contribution in [0.5, 0.6) is 11.5 Å². The smallest absolute Gasteiger partial charge is 0.132 e. The summed E-state index contributed by atoms with van der Waals surface area (Å²) in [6, 6.07) is 55.2. The van der Waals surface area contributed by atoms with Crippen molar-refractivity contribution < 1.29 is 4.74 Å². The number of hydrogen-bond acceptors (Lipinski definition) is 1. The summed E-state index contributed by atoms with van der Waals surface area (Å²) in [5, 5.41) is 5.04. The highest BCUT2D eigenvalue weighted by molar-refractivity contribution is 6.15. The standard InChI is InChI=1S/C41H25NO/c1-2-14-28(15-3-1)42-37-23-27-13-5-4-12-26(27)22-31(37)32-24-30-29-16-6-7-17-33(29)41(36(30)25-38(32)42)34-18-8-10-20-39(34)43-40-21-11-9-19-35(40)41/h1-25H. The van der Waals surface area contributed by atoms with E-state index in [1.165, 1.54) is 66.0 Å². The zero-order valence-corrected chi connectivity index (χ0v) is 23.3. The number of hydrogen-bond donors (Lipinski definition) is 0. The van der Waals surface area contributed by atoms with Crippen molar-refractivity contribution in [3.05, 3.63) is 174 Å². The number of para-hydroxylation sites is 3. The van der Waals surface area contributed by atoms with Crippen LogP contribution in [0.4, 0.5) is 0 Å². The monoisotopic (exact) mass is 547 g/mol. The van der Waals surface area contributed by atoms with Gasteiger partial charge in [-0.3, -0.25) is 0 Å². The van der Waals surface area contributed by atoms with E-state index in [-0.39, 0.29) is 0 Å². The number of rotatable bonds is 1. The van der Waals surface area contributed by atoms with Crippen LogP contribution in [-0.2, 0) is 5.41 Å². The van der Waals surface area contributed by atoms with Gasteiger partial charge in [0.2, 0.25) is 0 Å². The molecular formula is C41H25NO. The first-order chi connectivity index (χ1) is 21.3. The lowest BCUT2D eigenvalue weighted by Crippen LogP contribution is -2.32. The highest BCUT2D eigenvalue weighted by Gasteiger charge is 2.51. The summed E-state index contributed by atoms with van der Waals surface area (Å²) in [5.41, 5.74) is 10.7. The Bertz CT molecular complexity index is 2390. The SMILES string of the molecule is c1ccc(-n2c3cc4c(cc3c3cc5ccccc5cc32)-c2ccccc2C42c3ccccc3Oc3ccccc32)cc1. The van der Waals surface area contributed by atoms with Gasteiger partial charge in [-0.1, -0.05) is 103 Å². The summed E-state index contributed by atoms with van der Waals surface area (Å²) in [4.78, 5) is 0. The van der Waals surface area contributed by atoms with Crippen molar-refractivity contribution in [2.75, 3.05) is 0 Å². The average Bonchev–Trinajstić information content (AvgIpc) is 3.53. The third-order valence-corrected chi connectivity index (χ3v) is 9.61. The fraction of sp³-hybridized carbons (Fsp3) is 0.0244. The molecule has 0 unspecified atom stereocenters. The largest absolute Gasteiger partial charge is 0.457 e. The number of nitrogens with zero attached hydrogens (tertiary/aromatic N) is 1. The number of fused-ring (bicyclic) bond motifs is 13. The van der Waals surface area contributed by atoms with E-state index in [9.17, 15) is 0 Å². The fourth-order valence-corrected chi connectivity index (χ4v) is 7.90. The topological polar surface area (TPSA) is 14.2 Å². The van der Waals surface area contributed by atoms with Gasteiger partial charge in [0.05, 0.1) is 16.4 Å². The Balaban J connectivity index is 1.42. The lowest BCUT2D eigenvalue weighted by atomic mass is 9.66. The quantitative estimate of drug-likeness (QED) is 0.199. The van der Waals surface area contributed by atoms with E-state index in [1.807, 2.05) is 0 Å². The Labute approximate surface area is 249 Å². The van der Waals surface area contributed by atoms with Gasteiger partial charge in [0.15, 0.2) is 0 Å². The minimum Gasteiger partial charge on any atom is -0.457 e. The molecule has 0 saturated carbocycles. The number of benzene rings is 7. The summed E-state index contributed by atoms with van der Waals surface area (Å²) < 4.78 is 9.01. The molecule has 200 valence electrons. The van der Waals surface area contributed by atoms with Crippen molar-refractivity contribution in [2.24, 2.45) is 0 Å². The normalized spacial score (nSPS) is 14.0. The molecule has 0 N–H and O–H groups in total. The first-order valence-electron chi connectivity index (χ1n) is 14.9. The van der Waals surface area contributed by atoms with E-state index in [2.05, 4.69) is 156 Å². The molecule has 2 heteroatoms. The second-order valence-corrected chi connectivity index (χ2v) is 11.7. The maximum absolute atomic E-state index is 6.56. The average molecular weight is 548 g/mol. The van der Waals surface area contributed by atoms with Crippen LogP contribution in [-0.4, -0.2) is 4.57 Å². The highest BCUT2D eigenvalue weighted by Crippen LogP contribution is 2.62. The Hall–Kier alpha value is -5.60. The lowest BCUT2D eigenvalue weighted by Gasteiger charge is -2.39. The van der Waals surface area contributed by atoms with Gasteiger partial charge in [-0.2, -0.15) is 0 Å². The van der Waals surface area contributed by atoms with E-state index in [1.54, 1.807) is 0 Å². The Kier molecular flexibility index (Phi) is 4.41. The summed E-state index contributed by atoms with van der Waals surface area (Å²) >= 11 is 0. The van der Waals surface area contributed by atoms with Crippen LogP contribution in [0.15, 0.2) is 152 Å². The van der Waals surface area contributed by atoms with Gasteiger partial charge in [0.1, 0.15) is 11.5 Å². The maximum atomic E-state index is 6.56. The maximum Gasteiger partial charge on any atom is 0.132 e. The van der Waals surface area contributed by atoms with Gasteiger partial charge in [0, 0.05) is 27.6 Å². The van der Waals surface area contributed by atoms with Crippen LogP contribution in [0.25, 0.3) is 49.4 Å². The second-order valence-electron chi connectivity index (χ2n) is 11.7. The van der Waals surface area contributed by atoms with Crippen molar-refractivity contribution in [3.63, 3.8) is 0 Å². The molecule has 1 aliphatic carbocycles. The van der Waals surface area contributed by atoms with Crippen LogP contribution < -0.4 is 4.74 Å². The van der Waals surface area contributed by atoms with Crippen LogP contribution in [0.1, 0.15) is 22.3 Å². The predicted octanol–water partition coefficient (Wildman–Crippen LogP) is 10.4. The summed E-state index contributed by atoms with van der Waals surface area (Å²) in [6.45, 7) is 0. The molecular weight excluding hydrogens is 522 g/mol. The van der Waals surface area contributed by atoms with Gasteiger partial charge in [0.25, 0.3) is 0 Å². The molecule has 0 bridgehead atoms. The molecule has 1 aromatic heterocycles. The molecule has 10 rings (SSSR count). The Morgan fingerprint density at radius 2 is 0.977 bits per heavy atom. The number of ether oxygens (including phenoxy) is 1. The molecule has 2 nitrogen and oxygen atoms in total. The Morgan fingerprint density at radius 3 is 1.72 bits per heavy atom. The van der Waals surface area contributed by atoms with Crippen LogP contribution in [0.2, 0.25) is 0 Å². The van der Waals surface area contributed by atoms with Gasteiger partial charge in [-0.25, -0.2) is 0 Å². The second kappa shape index (κ2) is 8.24. The molecule has 1 spiro atoms. The zero-order chi connectivity index (χ0) is 28.1. The zero-order valence-electron chi connectivity index (χ0n) is 23.3. The van der Waals surface area contributed by atoms with Crippen molar-refractivity contribution in [2.45, 2.75) is 5.41 Å². The van der Waals surface area contributed by atoms with Crippen LogP contribution in [0, 0.1) is 0 Å². The fourth-order valence-electron chi connectivity index (χ4n) is 7.90. The van der Waals surface area contributed by atoms with E-state index in [0.717, 1.165) is 17.2 Å². The van der Waals surface area contributed by atoms with Crippen LogP contribution >= 0.6 is 0 Å². The molecule has 2 heterocycles. The van der Waals surface area contributed by atoms with E-state index in [0.29, 0.717) is 0 Å². The third kappa shape index (κ3) is 2.88. The lowest BCUT2D eigenvalue weighted by molar-refractivity contribution is 0.436. The van der Waals surface area contributed by atoms with Crippen molar-refractivity contribution in [1.29, 1.82) is 0 Å². The highest BCUT2D eigenvalue weighted by atomic mass is 16.5. The molecule has 7 aromatic carbocycles. The molecule has 0 amide bonds. The number of aromatic nitrogens is 1. The van der Waals surface area contributed by atoms with Crippen molar-refractivity contribution >= 4 is 32.6 Å². The molecule has 0 fully saturated rings. The van der Waals surface area contributed by atoms with Gasteiger partial charge in [-0.05, 0) is 81.6 Å². The van der Waals surface area contributed by atoms with Crippen LogP contribution in [0.3, 0.4) is 0 Å². The molecule has 2 aliphatic rings. The summed E-state index contributed by atoms with van der Waals surface area (Å²) in [6.07, 6.45) is 0. The molecule has 43 heavy (non-hydrogen) atoms. The van der Waals surface area contributed by atoms with E-state index in [4.69, 9.17) is 4.74 Å². The molecule has 1 aliphatic heterocycles. The first-order valence-corrected chi connectivity index (χ1v) is 14.9. The molecule has 0 atom stereocenters. The minimum atomic E-state index is -0.492. The predicted molar refractivity (Wildman–Crippen MR) is 176 cm³/mol. The third-order valence-electron chi connectivity index (χ3n) is 9.61. The molecule has 0 saturated heterocycles. The van der Waals surface area contributed by atoms with E-state index >= 15 is 0 Å². The summed E-state index contributed by atoms with van der Waals surface area (Å²) in [7, 11) is 0. The van der Waals surface area contributed by atoms with Crippen molar-refractivity contribution in [3.8, 4) is 28.3 Å². The first kappa shape index (κ1) is 23.0. The van der Waals surface area contributed by atoms with Gasteiger partial charge in [-0.15, -0.1) is 0 Å².